The average Bonchev–Trinajstić information content (AvgIpc) is 2.83. The summed E-state index contributed by atoms with van der Waals surface area (Å²) in [7, 11) is 0. The summed E-state index contributed by atoms with van der Waals surface area (Å²) >= 11 is 0. The summed E-state index contributed by atoms with van der Waals surface area (Å²) in [6.07, 6.45) is 4.19. The summed E-state index contributed by atoms with van der Waals surface area (Å²) in [6.45, 7) is 3.68. The molecule has 1 aromatic carbocycles. The van der Waals surface area contributed by atoms with Crippen molar-refractivity contribution >= 4 is 11.8 Å². The van der Waals surface area contributed by atoms with E-state index in [0.29, 0.717) is 5.78 Å². The van der Waals surface area contributed by atoms with Crippen molar-refractivity contribution in [1.29, 1.82) is 0 Å². The summed E-state index contributed by atoms with van der Waals surface area (Å²) in [5, 5.41) is 7.72. The minimum atomic E-state index is -0.745. The van der Waals surface area contributed by atoms with Gasteiger partial charge >= 0.3 is 5.97 Å². The predicted molar refractivity (Wildman–Crippen MR) is 72.6 cm³/mol. The molecule has 0 radical (unpaired) electrons. The number of hydrogen-bond donors (Lipinski definition) is 1. The molecule has 0 unspecified atom stereocenters. The highest BCUT2D eigenvalue weighted by Crippen LogP contribution is 2.11. The third-order valence-corrected chi connectivity index (χ3v) is 2.40. The van der Waals surface area contributed by atoms with Crippen molar-refractivity contribution in [1.82, 2.24) is 0 Å². The fourth-order valence-electron chi connectivity index (χ4n) is 1.30. The Morgan fingerprint density at radius 2 is 1.61 bits per heavy atom. The first-order chi connectivity index (χ1) is 8.56. The number of carbonyl (C=O) groups is 2. The van der Waals surface area contributed by atoms with Gasteiger partial charge in [-0.05, 0) is 19.8 Å². The van der Waals surface area contributed by atoms with Crippen molar-refractivity contribution < 1.29 is 14.7 Å². The van der Waals surface area contributed by atoms with Gasteiger partial charge in [0.15, 0.2) is 0 Å². The van der Waals surface area contributed by atoms with Gasteiger partial charge in [0, 0.05) is 19.3 Å². The number of carboxylic acid groups (broad SMARTS) is 1. The predicted octanol–water partition coefficient (Wildman–Crippen LogP) is 3.61. The molecule has 0 spiro atoms. The molecule has 1 fully saturated rings. The highest BCUT2D eigenvalue weighted by Gasteiger charge is 2.07. The molecular formula is C15H22O3. The van der Waals surface area contributed by atoms with E-state index in [0.717, 1.165) is 25.7 Å². The standard InChI is InChI=1S/C7H8.C5H8O.C3H6O2/c1-7-5-3-2-4-6-7;6-5-3-1-2-4-5;1-2-3(4)5/h2-6H,1H3;1-4H2;2H2,1H3,(H,4,5). The zero-order valence-corrected chi connectivity index (χ0v) is 11.2. The van der Waals surface area contributed by atoms with E-state index < -0.39 is 5.97 Å². The van der Waals surface area contributed by atoms with Crippen molar-refractivity contribution in [2.75, 3.05) is 0 Å². The van der Waals surface area contributed by atoms with Crippen molar-refractivity contribution in [3.05, 3.63) is 35.9 Å². The first-order valence-electron chi connectivity index (χ1n) is 6.31. The van der Waals surface area contributed by atoms with E-state index >= 15 is 0 Å². The van der Waals surface area contributed by atoms with Crippen LogP contribution in [-0.2, 0) is 9.59 Å². The molecule has 0 heterocycles. The second-order valence-corrected chi connectivity index (χ2v) is 4.15. The Hall–Kier alpha value is -1.64. The molecule has 2 rings (SSSR count). The molecule has 0 bridgehead atoms. The lowest BCUT2D eigenvalue weighted by Crippen LogP contribution is -1.86. The minimum absolute atomic E-state index is 0.222. The Morgan fingerprint density at radius 1 is 1.17 bits per heavy atom. The van der Waals surface area contributed by atoms with E-state index in [4.69, 9.17) is 5.11 Å². The Morgan fingerprint density at radius 3 is 1.78 bits per heavy atom. The van der Waals surface area contributed by atoms with Gasteiger partial charge in [0.2, 0.25) is 0 Å². The lowest BCUT2D eigenvalue weighted by atomic mass is 10.2. The highest BCUT2D eigenvalue weighted by molar-refractivity contribution is 5.80. The van der Waals surface area contributed by atoms with Gasteiger partial charge in [-0.25, -0.2) is 0 Å². The van der Waals surface area contributed by atoms with E-state index in [2.05, 4.69) is 19.1 Å². The lowest BCUT2D eigenvalue weighted by Gasteiger charge is -1.82. The molecule has 3 heteroatoms. The summed E-state index contributed by atoms with van der Waals surface area (Å²) < 4.78 is 0. The fraction of sp³-hybridized carbons (Fsp3) is 0.467. The average molecular weight is 250 g/mol. The Bertz CT molecular complexity index is 336. The van der Waals surface area contributed by atoms with Crippen molar-refractivity contribution in [3.63, 3.8) is 0 Å². The molecule has 1 aliphatic rings. The van der Waals surface area contributed by atoms with Crippen LogP contribution in [0.3, 0.4) is 0 Å². The number of rotatable bonds is 1. The van der Waals surface area contributed by atoms with Crippen LogP contribution < -0.4 is 0 Å². The van der Waals surface area contributed by atoms with E-state index in [-0.39, 0.29) is 6.42 Å². The number of aryl methyl sites for hydroxylation is 1. The van der Waals surface area contributed by atoms with Crippen LogP contribution in [0.25, 0.3) is 0 Å². The van der Waals surface area contributed by atoms with E-state index in [1.165, 1.54) is 5.56 Å². The third-order valence-electron chi connectivity index (χ3n) is 2.40. The Kier molecular flexibility index (Phi) is 9.55. The molecule has 1 N–H and O–H groups in total. The highest BCUT2D eigenvalue weighted by atomic mass is 16.4. The van der Waals surface area contributed by atoms with Crippen LogP contribution in [0, 0.1) is 6.92 Å². The molecular weight excluding hydrogens is 228 g/mol. The van der Waals surface area contributed by atoms with E-state index in [1.807, 2.05) is 18.2 Å². The van der Waals surface area contributed by atoms with Crippen molar-refractivity contribution in [2.24, 2.45) is 0 Å². The molecule has 100 valence electrons. The number of carbonyl (C=O) groups excluding carboxylic acids is 1. The fourth-order valence-corrected chi connectivity index (χ4v) is 1.30. The molecule has 0 aliphatic heterocycles. The van der Waals surface area contributed by atoms with Gasteiger partial charge in [0.25, 0.3) is 0 Å². The van der Waals surface area contributed by atoms with Crippen LogP contribution >= 0.6 is 0 Å². The van der Waals surface area contributed by atoms with Crippen LogP contribution in [0.15, 0.2) is 30.3 Å². The lowest BCUT2D eigenvalue weighted by molar-refractivity contribution is -0.136. The molecule has 1 saturated carbocycles. The van der Waals surface area contributed by atoms with Crippen LogP contribution in [-0.4, -0.2) is 16.9 Å². The summed E-state index contributed by atoms with van der Waals surface area (Å²) in [6, 6.07) is 10.3. The van der Waals surface area contributed by atoms with Crippen LogP contribution in [0.4, 0.5) is 0 Å². The maximum Gasteiger partial charge on any atom is 0.303 e. The number of carboxylic acids is 1. The van der Waals surface area contributed by atoms with E-state index in [9.17, 15) is 9.59 Å². The maximum atomic E-state index is 10.2. The third kappa shape index (κ3) is 10.9. The Labute approximate surface area is 109 Å². The smallest absolute Gasteiger partial charge is 0.303 e. The second-order valence-electron chi connectivity index (χ2n) is 4.15. The second kappa shape index (κ2) is 10.5. The van der Waals surface area contributed by atoms with Crippen molar-refractivity contribution in [3.8, 4) is 0 Å². The van der Waals surface area contributed by atoms with Crippen LogP contribution in [0.1, 0.15) is 44.6 Å². The largest absolute Gasteiger partial charge is 0.481 e. The topological polar surface area (TPSA) is 54.4 Å². The van der Waals surface area contributed by atoms with Crippen molar-refractivity contribution in [2.45, 2.75) is 46.0 Å². The van der Waals surface area contributed by atoms with Gasteiger partial charge in [0.05, 0.1) is 0 Å². The Balaban J connectivity index is 0.000000245. The quantitative estimate of drug-likeness (QED) is 0.828. The normalized spacial score (nSPS) is 12.9. The maximum absolute atomic E-state index is 10.2. The molecule has 18 heavy (non-hydrogen) atoms. The van der Waals surface area contributed by atoms with Crippen LogP contribution in [0.5, 0.6) is 0 Å². The molecule has 0 atom stereocenters. The summed E-state index contributed by atoms with van der Waals surface area (Å²) in [4.78, 5) is 19.6. The molecule has 0 amide bonds. The number of benzene rings is 1. The van der Waals surface area contributed by atoms with Gasteiger partial charge in [0.1, 0.15) is 5.78 Å². The first kappa shape index (κ1) is 16.4. The zero-order valence-electron chi connectivity index (χ0n) is 11.2. The van der Waals surface area contributed by atoms with E-state index in [1.54, 1.807) is 6.92 Å². The SMILES string of the molecule is CCC(=O)O.Cc1ccccc1.O=C1CCCC1. The van der Waals surface area contributed by atoms with Crippen LogP contribution in [0.2, 0.25) is 0 Å². The monoisotopic (exact) mass is 250 g/mol. The van der Waals surface area contributed by atoms with Gasteiger partial charge in [-0.15, -0.1) is 0 Å². The minimum Gasteiger partial charge on any atom is -0.481 e. The van der Waals surface area contributed by atoms with Gasteiger partial charge < -0.3 is 5.11 Å². The molecule has 1 aliphatic carbocycles. The summed E-state index contributed by atoms with van der Waals surface area (Å²) in [5.41, 5.74) is 1.32. The molecule has 0 saturated heterocycles. The molecule has 3 nitrogen and oxygen atoms in total. The van der Waals surface area contributed by atoms with Gasteiger partial charge in [-0.1, -0.05) is 42.8 Å². The first-order valence-corrected chi connectivity index (χ1v) is 6.31. The number of Topliss-reactive ketones (excluding diaryl/α,β-unsaturated/α-hetero) is 1. The van der Waals surface area contributed by atoms with Gasteiger partial charge in [-0.2, -0.15) is 0 Å². The zero-order chi connectivity index (χ0) is 13.8. The molecule has 0 aromatic heterocycles. The number of ketones is 1. The number of hydrogen-bond acceptors (Lipinski definition) is 2. The number of aliphatic carboxylic acids is 1. The molecule has 1 aromatic rings. The summed E-state index contributed by atoms with van der Waals surface area (Å²) in [5.74, 6) is -0.292. The van der Waals surface area contributed by atoms with Gasteiger partial charge in [-0.3, -0.25) is 9.59 Å².